The van der Waals surface area contributed by atoms with E-state index in [0.717, 1.165) is 6.42 Å². The average molecular weight is 280 g/mol. The topological polar surface area (TPSA) is 0 Å². The van der Waals surface area contributed by atoms with Gasteiger partial charge in [0.2, 0.25) is 0 Å². The lowest BCUT2D eigenvalue weighted by molar-refractivity contribution is 0.537. The van der Waals surface area contributed by atoms with Crippen LogP contribution in [0.5, 0.6) is 0 Å². The largest absolute Gasteiger partial charge is 0.151 e. The molecule has 0 aromatic carbocycles. The van der Waals surface area contributed by atoms with Crippen LogP contribution in [0.4, 0.5) is 0 Å². The van der Waals surface area contributed by atoms with Crippen LogP contribution in [0.1, 0.15) is 31.2 Å². The molecule has 0 saturated heterocycles. The molecule has 0 radical (unpaired) electrons. The fourth-order valence-corrected chi connectivity index (χ4v) is 4.07. The van der Waals surface area contributed by atoms with Crippen molar-refractivity contribution in [2.75, 3.05) is 0 Å². The summed E-state index contributed by atoms with van der Waals surface area (Å²) in [6.45, 7) is 2.26. The van der Waals surface area contributed by atoms with Gasteiger partial charge in [0.15, 0.2) is 0 Å². The highest BCUT2D eigenvalue weighted by molar-refractivity contribution is 9.10. The first-order valence-electron chi connectivity index (χ1n) is 4.56. The van der Waals surface area contributed by atoms with E-state index in [9.17, 15) is 0 Å². The lowest BCUT2D eigenvalue weighted by Gasteiger charge is -2.16. The quantitative estimate of drug-likeness (QED) is 0.657. The van der Waals surface area contributed by atoms with Crippen molar-refractivity contribution in [1.29, 1.82) is 0 Å². The predicted octanol–water partition coefficient (Wildman–Crippen LogP) is 4.63. The summed E-state index contributed by atoms with van der Waals surface area (Å²) in [6, 6.07) is 0. The lowest BCUT2D eigenvalue weighted by Crippen LogP contribution is -2.08. The number of rotatable bonds is 1. The van der Waals surface area contributed by atoms with Crippen LogP contribution in [0.2, 0.25) is 0 Å². The molecule has 0 bridgehead atoms. The molecule has 3 heteroatoms. The molecule has 1 heterocycles. The van der Waals surface area contributed by atoms with Crippen LogP contribution in [0, 0.1) is 5.92 Å². The van der Waals surface area contributed by atoms with Gasteiger partial charge in [-0.2, -0.15) is 11.3 Å². The summed E-state index contributed by atoms with van der Waals surface area (Å²) < 4.78 is 1.26. The van der Waals surface area contributed by atoms with E-state index in [1.807, 2.05) is 0 Å². The van der Waals surface area contributed by atoms with Crippen molar-refractivity contribution in [3.63, 3.8) is 0 Å². The lowest BCUT2D eigenvalue weighted by atomic mass is 9.92. The van der Waals surface area contributed by atoms with E-state index in [2.05, 4.69) is 33.6 Å². The molecule has 2 rings (SSSR count). The highest BCUT2D eigenvalue weighted by Gasteiger charge is 2.33. The van der Waals surface area contributed by atoms with Crippen LogP contribution in [0.3, 0.4) is 0 Å². The molecule has 1 aliphatic carbocycles. The Morgan fingerprint density at radius 2 is 2.23 bits per heavy atom. The van der Waals surface area contributed by atoms with Gasteiger partial charge in [0.25, 0.3) is 0 Å². The molecule has 1 fully saturated rings. The van der Waals surface area contributed by atoms with Crippen molar-refractivity contribution in [2.45, 2.75) is 31.1 Å². The van der Waals surface area contributed by atoms with E-state index < -0.39 is 0 Å². The molecular formula is C10H12BrClS. The molecule has 3 unspecified atom stereocenters. The molecule has 1 aliphatic rings. The van der Waals surface area contributed by atoms with Gasteiger partial charge in [-0.1, -0.05) is 6.92 Å². The number of thiophene rings is 1. The first-order chi connectivity index (χ1) is 6.20. The highest BCUT2D eigenvalue weighted by Crippen LogP contribution is 2.45. The fourth-order valence-electron chi connectivity index (χ4n) is 2.11. The molecule has 0 aliphatic heterocycles. The van der Waals surface area contributed by atoms with Crippen molar-refractivity contribution < 1.29 is 0 Å². The molecule has 13 heavy (non-hydrogen) atoms. The molecule has 0 nitrogen and oxygen atoms in total. The SMILES string of the molecule is CC1C(Cl)CCC1c1cscc1Br. The van der Waals surface area contributed by atoms with Crippen molar-refractivity contribution >= 4 is 38.9 Å². The number of halogens is 2. The molecule has 1 aromatic heterocycles. The van der Waals surface area contributed by atoms with Gasteiger partial charge in [-0.15, -0.1) is 11.6 Å². The number of alkyl halides is 1. The standard InChI is InChI=1S/C10H12BrClS/c1-6-7(2-3-10(6)12)8-4-13-5-9(8)11/h4-7,10H,2-3H2,1H3. The Hall–Kier alpha value is 0.470. The molecule has 0 N–H and O–H groups in total. The number of hydrogen-bond donors (Lipinski definition) is 0. The van der Waals surface area contributed by atoms with Crippen LogP contribution in [0.15, 0.2) is 15.2 Å². The predicted molar refractivity (Wildman–Crippen MR) is 62.8 cm³/mol. The summed E-state index contributed by atoms with van der Waals surface area (Å²) in [5, 5.41) is 4.78. The second-order valence-electron chi connectivity index (χ2n) is 3.73. The van der Waals surface area contributed by atoms with Gasteiger partial charge in [0.05, 0.1) is 0 Å². The Labute approximate surface area is 96.4 Å². The second kappa shape index (κ2) is 3.92. The Morgan fingerprint density at radius 3 is 2.69 bits per heavy atom. The molecular weight excluding hydrogens is 268 g/mol. The van der Waals surface area contributed by atoms with Gasteiger partial charge in [-0.3, -0.25) is 0 Å². The molecule has 0 spiro atoms. The van der Waals surface area contributed by atoms with E-state index in [4.69, 9.17) is 11.6 Å². The van der Waals surface area contributed by atoms with Crippen molar-refractivity contribution in [2.24, 2.45) is 5.92 Å². The molecule has 3 atom stereocenters. The van der Waals surface area contributed by atoms with Crippen LogP contribution in [-0.2, 0) is 0 Å². The van der Waals surface area contributed by atoms with Gasteiger partial charge < -0.3 is 0 Å². The smallest absolute Gasteiger partial charge is 0.0367 e. The average Bonchev–Trinajstić information content (AvgIpc) is 2.62. The summed E-state index contributed by atoms with van der Waals surface area (Å²) in [5.74, 6) is 1.29. The maximum atomic E-state index is 6.21. The summed E-state index contributed by atoms with van der Waals surface area (Å²) in [5.41, 5.74) is 1.46. The third kappa shape index (κ3) is 1.81. The fraction of sp³-hybridized carbons (Fsp3) is 0.600. The third-order valence-electron chi connectivity index (χ3n) is 3.00. The monoisotopic (exact) mass is 278 g/mol. The normalized spacial score (nSPS) is 33.9. The van der Waals surface area contributed by atoms with Crippen LogP contribution < -0.4 is 0 Å². The minimum atomic E-state index is 0.372. The van der Waals surface area contributed by atoms with Gasteiger partial charge in [-0.25, -0.2) is 0 Å². The molecule has 0 amide bonds. The highest BCUT2D eigenvalue weighted by atomic mass is 79.9. The Morgan fingerprint density at radius 1 is 1.46 bits per heavy atom. The minimum Gasteiger partial charge on any atom is -0.151 e. The summed E-state index contributed by atoms with van der Waals surface area (Å²) in [6.07, 6.45) is 2.40. The maximum Gasteiger partial charge on any atom is 0.0367 e. The van der Waals surface area contributed by atoms with Crippen molar-refractivity contribution in [1.82, 2.24) is 0 Å². The molecule has 1 saturated carbocycles. The van der Waals surface area contributed by atoms with Crippen LogP contribution >= 0.6 is 38.9 Å². The zero-order valence-corrected chi connectivity index (χ0v) is 10.6. The summed E-state index contributed by atoms with van der Waals surface area (Å²) in [7, 11) is 0. The third-order valence-corrected chi connectivity index (χ3v) is 5.37. The van der Waals surface area contributed by atoms with E-state index in [1.54, 1.807) is 11.3 Å². The van der Waals surface area contributed by atoms with Gasteiger partial charge in [0.1, 0.15) is 0 Å². The first-order valence-corrected chi connectivity index (χ1v) is 6.73. The molecule has 72 valence electrons. The van der Waals surface area contributed by atoms with E-state index in [1.165, 1.54) is 16.5 Å². The Bertz CT molecular complexity index is 297. The van der Waals surface area contributed by atoms with Crippen molar-refractivity contribution in [3.05, 3.63) is 20.8 Å². The van der Waals surface area contributed by atoms with Gasteiger partial charge in [-0.05, 0) is 51.6 Å². The van der Waals surface area contributed by atoms with E-state index in [-0.39, 0.29) is 0 Å². The van der Waals surface area contributed by atoms with Gasteiger partial charge in [0, 0.05) is 15.2 Å². The number of hydrogen-bond acceptors (Lipinski definition) is 1. The second-order valence-corrected chi connectivity index (χ2v) is 5.89. The van der Waals surface area contributed by atoms with E-state index >= 15 is 0 Å². The minimum absolute atomic E-state index is 0.372. The van der Waals surface area contributed by atoms with Crippen LogP contribution in [0.25, 0.3) is 0 Å². The first kappa shape index (κ1) is 10.0. The Balaban J connectivity index is 2.23. The zero-order valence-electron chi connectivity index (χ0n) is 7.47. The zero-order chi connectivity index (χ0) is 9.42. The summed E-state index contributed by atoms with van der Waals surface area (Å²) >= 11 is 11.6. The maximum absolute atomic E-state index is 6.21. The summed E-state index contributed by atoms with van der Waals surface area (Å²) in [4.78, 5) is 0. The van der Waals surface area contributed by atoms with Crippen LogP contribution in [-0.4, -0.2) is 5.38 Å². The van der Waals surface area contributed by atoms with Crippen molar-refractivity contribution in [3.8, 4) is 0 Å². The molecule has 1 aromatic rings. The van der Waals surface area contributed by atoms with E-state index in [0.29, 0.717) is 17.2 Å². The van der Waals surface area contributed by atoms with Gasteiger partial charge >= 0.3 is 0 Å². The Kier molecular flexibility index (Phi) is 3.01.